The van der Waals surface area contributed by atoms with Crippen LogP contribution in [-0.4, -0.2) is 22.0 Å². The molecule has 0 atom stereocenters. The number of rotatable bonds is 4. The number of carbonyl (C=O) groups excluding carboxylic acids is 1. The third-order valence-electron chi connectivity index (χ3n) is 1.53. The zero-order valence-corrected chi connectivity index (χ0v) is 6.73. The van der Waals surface area contributed by atoms with Gasteiger partial charge in [0.1, 0.15) is 6.54 Å². The minimum absolute atomic E-state index is 0.176. The van der Waals surface area contributed by atoms with Crippen molar-refractivity contribution in [3.63, 3.8) is 0 Å². The summed E-state index contributed by atoms with van der Waals surface area (Å²) in [6.45, 7) is 0.722. The zero-order chi connectivity index (χ0) is 8.97. The Morgan fingerprint density at radius 1 is 1.67 bits per heavy atom. The van der Waals surface area contributed by atoms with E-state index in [0.717, 1.165) is 5.69 Å². The molecule has 1 aromatic heterocycles. The van der Waals surface area contributed by atoms with Gasteiger partial charge in [0.05, 0.1) is 6.33 Å². The standard InChI is InChI=1S/C7H12N4O/c8-2-1-6-3-10-5-11(6)4-7(9)12/h3,5H,1-2,4,8H2,(H2,9,12). The van der Waals surface area contributed by atoms with Gasteiger partial charge in [-0.15, -0.1) is 0 Å². The molecule has 5 heteroatoms. The van der Waals surface area contributed by atoms with Crippen LogP contribution in [0.2, 0.25) is 0 Å². The minimum atomic E-state index is -0.369. The summed E-state index contributed by atoms with van der Waals surface area (Å²) in [5.74, 6) is -0.369. The second-order valence-corrected chi connectivity index (χ2v) is 2.52. The largest absolute Gasteiger partial charge is 0.368 e. The molecule has 0 aliphatic carbocycles. The molecule has 0 aromatic carbocycles. The van der Waals surface area contributed by atoms with Crippen molar-refractivity contribution in [1.82, 2.24) is 9.55 Å². The fourth-order valence-electron chi connectivity index (χ4n) is 1.01. The molecule has 4 N–H and O–H groups in total. The second kappa shape index (κ2) is 3.87. The van der Waals surface area contributed by atoms with Crippen LogP contribution in [0.15, 0.2) is 12.5 Å². The molecule has 1 amide bonds. The first-order valence-corrected chi connectivity index (χ1v) is 3.71. The Hall–Kier alpha value is -1.36. The molecule has 1 rings (SSSR count). The summed E-state index contributed by atoms with van der Waals surface area (Å²) in [5, 5.41) is 0. The van der Waals surface area contributed by atoms with Crippen molar-refractivity contribution in [2.24, 2.45) is 11.5 Å². The maximum atomic E-state index is 10.6. The lowest BCUT2D eigenvalue weighted by Crippen LogP contribution is -2.20. The first-order valence-electron chi connectivity index (χ1n) is 3.71. The number of hydrogen-bond acceptors (Lipinski definition) is 3. The van der Waals surface area contributed by atoms with Gasteiger partial charge in [0, 0.05) is 18.3 Å². The van der Waals surface area contributed by atoms with Crippen molar-refractivity contribution >= 4 is 5.91 Å². The molecule has 12 heavy (non-hydrogen) atoms. The molecule has 0 aliphatic rings. The number of primary amides is 1. The zero-order valence-electron chi connectivity index (χ0n) is 6.73. The molecule has 1 aromatic rings. The first kappa shape index (κ1) is 8.73. The Morgan fingerprint density at radius 3 is 3.00 bits per heavy atom. The van der Waals surface area contributed by atoms with Crippen LogP contribution in [0.5, 0.6) is 0 Å². The van der Waals surface area contributed by atoms with Crippen molar-refractivity contribution in [2.45, 2.75) is 13.0 Å². The molecule has 0 saturated carbocycles. The number of carbonyl (C=O) groups is 1. The van der Waals surface area contributed by atoms with Crippen LogP contribution in [0, 0.1) is 0 Å². The molecular weight excluding hydrogens is 156 g/mol. The maximum Gasteiger partial charge on any atom is 0.237 e. The van der Waals surface area contributed by atoms with Gasteiger partial charge in [-0.1, -0.05) is 0 Å². The molecule has 0 saturated heterocycles. The van der Waals surface area contributed by atoms with Crippen molar-refractivity contribution in [1.29, 1.82) is 0 Å². The van der Waals surface area contributed by atoms with Gasteiger partial charge >= 0.3 is 0 Å². The Morgan fingerprint density at radius 2 is 2.42 bits per heavy atom. The Labute approximate surface area is 70.4 Å². The highest BCUT2D eigenvalue weighted by Crippen LogP contribution is 1.98. The summed E-state index contributed by atoms with van der Waals surface area (Å²) < 4.78 is 1.70. The monoisotopic (exact) mass is 168 g/mol. The van der Waals surface area contributed by atoms with Gasteiger partial charge in [-0.3, -0.25) is 4.79 Å². The van der Waals surface area contributed by atoms with Crippen molar-refractivity contribution < 1.29 is 4.79 Å². The molecule has 1 heterocycles. The van der Waals surface area contributed by atoms with Gasteiger partial charge in [0.25, 0.3) is 0 Å². The molecule has 0 fully saturated rings. The lowest BCUT2D eigenvalue weighted by molar-refractivity contribution is -0.118. The summed E-state index contributed by atoms with van der Waals surface area (Å²) in [6.07, 6.45) is 3.98. The van der Waals surface area contributed by atoms with Crippen LogP contribution in [0.1, 0.15) is 5.69 Å². The summed E-state index contributed by atoms with van der Waals surface area (Å²) in [5.41, 5.74) is 11.3. The van der Waals surface area contributed by atoms with E-state index in [1.165, 1.54) is 0 Å². The highest BCUT2D eigenvalue weighted by atomic mass is 16.1. The van der Waals surface area contributed by atoms with E-state index in [2.05, 4.69) is 4.98 Å². The van der Waals surface area contributed by atoms with Gasteiger partial charge in [-0.25, -0.2) is 4.98 Å². The lowest BCUT2D eigenvalue weighted by atomic mass is 10.3. The van der Waals surface area contributed by atoms with Crippen LogP contribution in [0.25, 0.3) is 0 Å². The second-order valence-electron chi connectivity index (χ2n) is 2.52. The van der Waals surface area contributed by atoms with Gasteiger partial charge in [-0.2, -0.15) is 0 Å². The Kier molecular flexibility index (Phi) is 2.82. The van der Waals surface area contributed by atoms with Crippen LogP contribution < -0.4 is 11.5 Å². The quantitative estimate of drug-likeness (QED) is 0.596. The number of amides is 1. The predicted octanol–water partition coefficient (Wildman–Crippen LogP) is -1.13. The van der Waals surface area contributed by atoms with E-state index < -0.39 is 0 Å². The van der Waals surface area contributed by atoms with Gasteiger partial charge in [-0.05, 0) is 6.54 Å². The highest BCUT2D eigenvalue weighted by Gasteiger charge is 2.02. The summed E-state index contributed by atoms with van der Waals surface area (Å²) in [6, 6.07) is 0. The predicted molar refractivity (Wildman–Crippen MR) is 44.2 cm³/mol. The van der Waals surface area contributed by atoms with E-state index in [0.29, 0.717) is 13.0 Å². The average Bonchev–Trinajstić information content (AvgIpc) is 2.37. The van der Waals surface area contributed by atoms with Gasteiger partial charge in [0.2, 0.25) is 5.91 Å². The average molecular weight is 168 g/mol. The molecule has 0 radical (unpaired) electrons. The molecule has 0 aliphatic heterocycles. The van der Waals surface area contributed by atoms with Crippen LogP contribution in [0.3, 0.4) is 0 Å². The number of hydrogen-bond donors (Lipinski definition) is 2. The number of imidazole rings is 1. The summed E-state index contributed by atoms with van der Waals surface area (Å²) in [4.78, 5) is 14.5. The van der Waals surface area contributed by atoms with Crippen molar-refractivity contribution in [2.75, 3.05) is 6.54 Å². The number of nitrogens with two attached hydrogens (primary N) is 2. The normalized spacial score (nSPS) is 10.1. The van der Waals surface area contributed by atoms with Crippen LogP contribution in [-0.2, 0) is 17.8 Å². The van der Waals surface area contributed by atoms with Crippen LogP contribution in [0.4, 0.5) is 0 Å². The maximum absolute atomic E-state index is 10.6. The van der Waals surface area contributed by atoms with Gasteiger partial charge in [0.15, 0.2) is 0 Å². The molecule has 0 unspecified atom stereocenters. The number of nitrogens with zero attached hydrogens (tertiary/aromatic N) is 2. The molecule has 0 spiro atoms. The Bertz CT molecular complexity index is 268. The van der Waals surface area contributed by atoms with E-state index in [9.17, 15) is 4.79 Å². The Balaban J connectivity index is 2.69. The van der Waals surface area contributed by atoms with E-state index >= 15 is 0 Å². The molecule has 5 nitrogen and oxygen atoms in total. The third-order valence-corrected chi connectivity index (χ3v) is 1.53. The van der Waals surface area contributed by atoms with Crippen molar-refractivity contribution in [3.05, 3.63) is 18.2 Å². The molecular formula is C7H12N4O. The molecule has 0 bridgehead atoms. The van der Waals surface area contributed by atoms with Crippen LogP contribution >= 0.6 is 0 Å². The molecule has 66 valence electrons. The first-order chi connectivity index (χ1) is 5.74. The lowest BCUT2D eigenvalue weighted by Gasteiger charge is -2.03. The topological polar surface area (TPSA) is 86.9 Å². The van der Waals surface area contributed by atoms with E-state index in [4.69, 9.17) is 11.5 Å². The smallest absolute Gasteiger partial charge is 0.237 e. The summed E-state index contributed by atoms with van der Waals surface area (Å²) >= 11 is 0. The fourth-order valence-corrected chi connectivity index (χ4v) is 1.01. The SMILES string of the molecule is NCCc1cncn1CC(N)=O. The van der Waals surface area contributed by atoms with Gasteiger partial charge < -0.3 is 16.0 Å². The number of aromatic nitrogens is 2. The summed E-state index contributed by atoms with van der Waals surface area (Å²) in [7, 11) is 0. The van der Waals surface area contributed by atoms with E-state index in [1.54, 1.807) is 17.1 Å². The minimum Gasteiger partial charge on any atom is -0.368 e. The van der Waals surface area contributed by atoms with E-state index in [-0.39, 0.29) is 12.5 Å². The fraction of sp³-hybridized carbons (Fsp3) is 0.429. The van der Waals surface area contributed by atoms with E-state index in [1.807, 2.05) is 0 Å². The highest BCUT2D eigenvalue weighted by molar-refractivity contribution is 5.73. The third kappa shape index (κ3) is 2.06. The van der Waals surface area contributed by atoms with Crippen molar-refractivity contribution in [3.8, 4) is 0 Å².